The fourth-order valence-electron chi connectivity index (χ4n) is 3.25. The van der Waals surface area contributed by atoms with Crippen LogP contribution >= 0.6 is 0 Å². The lowest BCUT2D eigenvalue weighted by Crippen LogP contribution is -2.33. The summed E-state index contributed by atoms with van der Waals surface area (Å²) in [5, 5.41) is 7.66. The Morgan fingerprint density at radius 1 is 1.33 bits per heavy atom. The molecule has 0 radical (unpaired) electrons. The number of aromatic nitrogens is 2. The number of piperidine rings is 1. The summed E-state index contributed by atoms with van der Waals surface area (Å²) in [6.45, 7) is 4.83. The van der Waals surface area contributed by atoms with Crippen LogP contribution in [0, 0.1) is 5.92 Å². The van der Waals surface area contributed by atoms with Gasteiger partial charge in [-0.2, -0.15) is 5.10 Å². The molecule has 1 aliphatic rings. The summed E-state index contributed by atoms with van der Waals surface area (Å²) in [5.41, 5.74) is 2.51. The lowest BCUT2D eigenvalue weighted by Gasteiger charge is -2.23. The quantitative estimate of drug-likeness (QED) is 0.848. The standard InChI is InChI=1S/C19H28N4O/c1-22(13-18-11-21-23(2)14-18)12-16-5-3-7-19(9-16)24-15-17-6-4-8-20-10-17/h3,5,7,9,11,14,17,20H,4,6,8,10,12-13,15H2,1-2H3. The third-order valence-electron chi connectivity index (χ3n) is 4.45. The minimum atomic E-state index is 0.635. The van der Waals surface area contributed by atoms with Gasteiger partial charge in [-0.15, -0.1) is 0 Å². The van der Waals surface area contributed by atoms with Gasteiger partial charge in [0.05, 0.1) is 12.8 Å². The van der Waals surface area contributed by atoms with E-state index in [1.165, 1.54) is 24.0 Å². The molecule has 0 saturated carbocycles. The van der Waals surface area contributed by atoms with Crippen molar-refractivity contribution in [3.05, 3.63) is 47.8 Å². The van der Waals surface area contributed by atoms with E-state index in [2.05, 4.69) is 52.8 Å². The highest BCUT2D eigenvalue weighted by Gasteiger charge is 2.13. The van der Waals surface area contributed by atoms with E-state index in [0.29, 0.717) is 5.92 Å². The number of hydrogen-bond donors (Lipinski definition) is 1. The van der Waals surface area contributed by atoms with Crippen LogP contribution in [0.5, 0.6) is 5.75 Å². The molecule has 1 saturated heterocycles. The van der Waals surface area contributed by atoms with E-state index in [1.54, 1.807) is 0 Å². The average Bonchev–Trinajstić information content (AvgIpc) is 2.99. The molecule has 5 heteroatoms. The second-order valence-electron chi connectivity index (χ2n) is 6.87. The van der Waals surface area contributed by atoms with Crippen LogP contribution in [0.4, 0.5) is 0 Å². The summed E-state index contributed by atoms with van der Waals surface area (Å²) in [4.78, 5) is 2.29. The molecule has 5 nitrogen and oxygen atoms in total. The van der Waals surface area contributed by atoms with Crippen LogP contribution in [0.15, 0.2) is 36.7 Å². The van der Waals surface area contributed by atoms with Crippen LogP contribution in [0.25, 0.3) is 0 Å². The van der Waals surface area contributed by atoms with Crippen molar-refractivity contribution in [2.45, 2.75) is 25.9 Å². The molecule has 130 valence electrons. The van der Waals surface area contributed by atoms with Crippen LogP contribution in [0.2, 0.25) is 0 Å². The van der Waals surface area contributed by atoms with Gasteiger partial charge in [-0.3, -0.25) is 9.58 Å². The van der Waals surface area contributed by atoms with Crippen molar-refractivity contribution in [1.29, 1.82) is 0 Å². The van der Waals surface area contributed by atoms with Crippen molar-refractivity contribution in [2.24, 2.45) is 13.0 Å². The highest BCUT2D eigenvalue weighted by Crippen LogP contribution is 2.18. The number of aryl methyl sites for hydroxylation is 1. The predicted molar refractivity (Wildman–Crippen MR) is 95.9 cm³/mol. The van der Waals surface area contributed by atoms with Crippen molar-refractivity contribution in [1.82, 2.24) is 20.0 Å². The topological polar surface area (TPSA) is 42.3 Å². The molecule has 1 fully saturated rings. The summed E-state index contributed by atoms with van der Waals surface area (Å²) in [6, 6.07) is 8.47. The minimum absolute atomic E-state index is 0.635. The van der Waals surface area contributed by atoms with E-state index in [9.17, 15) is 0 Å². The van der Waals surface area contributed by atoms with Crippen LogP contribution in [-0.4, -0.2) is 41.4 Å². The Hall–Kier alpha value is -1.85. The molecule has 1 unspecified atom stereocenters. The summed E-state index contributed by atoms with van der Waals surface area (Å²) >= 11 is 0. The number of benzene rings is 1. The van der Waals surface area contributed by atoms with Gasteiger partial charge in [0.15, 0.2) is 0 Å². The molecule has 1 aromatic carbocycles. The maximum Gasteiger partial charge on any atom is 0.119 e. The van der Waals surface area contributed by atoms with Gasteiger partial charge >= 0.3 is 0 Å². The van der Waals surface area contributed by atoms with Gasteiger partial charge in [-0.1, -0.05) is 12.1 Å². The molecule has 0 bridgehead atoms. The van der Waals surface area contributed by atoms with Gasteiger partial charge in [0.1, 0.15) is 5.75 Å². The Bertz CT molecular complexity index is 634. The lowest BCUT2D eigenvalue weighted by atomic mass is 10.0. The van der Waals surface area contributed by atoms with Gasteiger partial charge in [0, 0.05) is 44.4 Å². The van der Waals surface area contributed by atoms with Gasteiger partial charge in [0.25, 0.3) is 0 Å². The number of nitrogens with one attached hydrogen (secondary N) is 1. The number of nitrogens with zero attached hydrogens (tertiary/aromatic N) is 3. The molecule has 1 aromatic heterocycles. The monoisotopic (exact) mass is 328 g/mol. The molecular formula is C19H28N4O. The zero-order chi connectivity index (χ0) is 16.8. The van der Waals surface area contributed by atoms with Gasteiger partial charge < -0.3 is 10.1 Å². The first kappa shape index (κ1) is 17.0. The minimum Gasteiger partial charge on any atom is -0.493 e. The van der Waals surface area contributed by atoms with Crippen LogP contribution in [0.3, 0.4) is 0 Å². The van der Waals surface area contributed by atoms with Crippen LogP contribution < -0.4 is 10.1 Å². The molecule has 2 aromatic rings. The summed E-state index contributed by atoms with van der Waals surface area (Å²) in [7, 11) is 4.08. The highest BCUT2D eigenvalue weighted by molar-refractivity contribution is 5.28. The van der Waals surface area contributed by atoms with E-state index >= 15 is 0 Å². The Morgan fingerprint density at radius 2 is 2.21 bits per heavy atom. The first-order valence-electron chi connectivity index (χ1n) is 8.77. The van der Waals surface area contributed by atoms with E-state index in [-0.39, 0.29) is 0 Å². The van der Waals surface area contributed by atoms with E-state index in [4.69, 9.17) is 4.74 Å². The third-order valence-corrected chi connectivity index (χ3v) is 4.45. The zero-order valence-electron chi connectivity index (χ0n) is 14.7. The van der Waals surface area contributed by atoms with E-state index < -0.39 is 0 Å². The predicted octanol–water partition coefficient (Wildman–Crippen LogP) is 2.43. The number of rotatable bonds is 7. The highest BCUT2D eigenvalue weighted by atomic mass is 16.5. The van der Waals surface area contributed by atoms with E-state index in [1.807, 2.05) is 17.9 Å². The largest absolute Gasteiger partial charge is 0.493 e. The fourth-order valence-corrected chi connectivity index (χ4v) is 3.25. The first-order chi connectivity index (χ1) is 11.7. The maximum absolute atomic E-state index is 6.02. The van der Waals surface area contributed by atoms with Crippen molar-refractivity contribution in [3.8, 4) is 5.75 Å². The molecule has 3 rings (SSSR count). The SMILES string of the molecule is CN(Cc1cccc(OCC2CCCNC2)c1)Cc1cnn(C)c1. The zero-order valence-corrected chi connectivity index (χ0v) is 14.7. The second kappa shape index (κ2) is 8.31. The third kappa shape index (κ3) is 5.08. The lowest BCUT2D eigenvalue weighted by molar-refractivity contribution is 0.218. The molecule has 0 spiro atoms. The number of ether oxygens (including phenoxy) is 1. The molecule has 1 aliphatic heterocycles. The molecule has 1 atom stereocenters. The Kier molecular flexibility index (Phi) is 5.88. The van der Waals surface area contributed by atoms with Crippen molar-refractivity contribution in [3.63, 3.8) is 0 Å². The second-order valence-corrected chi connectivity index (χ2v) is 6.87. The average molecular weight is 328 g/mol. The van der Waals surface area contributed by atoms with Gasteiger partial charge in [-0.05, 0) is 44.1 Å². The van der Waals surface area contributed by atoms with Gasteiger partial charge in [-0.25, -0.2) is 0 Å². The smallest absolute Gasteiger partial charge is 0.119 e. The van der Waals surface area contributed by atoms with Crippen molar-refractivity contribution < 1.29 is 4.74 Å². The molecule has 1 N–H and O–H groups in total. The molecule has 24 heavy (non-hydrogen) atoms. The Balaban J connectivity index is 1.50. The molecular weight excluding hydrogens is 300 g/mol. The van der Waals surface area contributed by atoms with Crippen molar-refractivity contribution >= 4 is 0 Å². The Labute approximate surface area is 144 Å². The molecule has 0 amide bonds. The molecule has 2 heterocycles. The number of hydrogen-bond acceptors (Lipinski definition) is 4. The maximum atomic E-state index is 6.02. The summed E-state index contributed by atoms with van der Waals surface area (Å²) in [6.07, 6.45) is 6.51. The van der Waals surface area contributed by atoms with Crippen LogP contribution in [-0.2, 0) is 20.1 Å². The van der Waals surface area contributed by atoms with Gasteiger partial charge in [0.2, 0.25) is 0 Å². The summed E-state index contributed by atoms with van der Waals surface area (Å²) in [5.74, 6) is 1.61. The summed E-state index contributed by atoms with van der Waals surface area (Å²) < 4.78 is 7.86. The Morgan fingerprint density at radius 3 is 2.96 bits per heavy atom. The van der Waals surface area contributed by atoms with Crippen molar-refractivity contribution in [2.75, 3.05) is 26.7 Å². The van der Waals surface area contributed by atoms with Crippen LogP contribution in [0.1, 0.15) is 24.0 Å². The first-order valence-corrected chi connectivity index (χ1v) is 8.77. The van der Waals surface area contributed by atoms with E-state index in [0.717, 1.165) is 38.5 Å². The fraction of sp³-hybridized carbons (Fsp3) is 0.526. The normalized spacial score (nSPS) is 18.0. The molecule has 0 aliphatic carbocycles.